The number of nitrogens with zero attached hydrogens (tertiary/aromatic N) is 3. The minimum atomic E-state index is -5.70. The monoisotopic (exact) mass is 525 g/mol. The number of aromatic nitrogens is 3. The lowest BCUT2D eigenvalue weighted by atomic mass is 10.1. The Morgan fingerprint density at radius 2 is 1.74 bits per heavy atom. The molecule has 2 aromatic heterocycles. The standard InChI is InChI=1S/C11H15ClN3O13P3/c12-5-1-2-13-10-7(5)14-4-15(10)11-9(17)8(16)6(26-11)3-25-30(21,22)28-31(23,24)27-29(18,19)20/h1-2,4,6,8-9,11,16-17H,3H2,(H,21,22)(H,23,24)(H2,18,19,20). The summed E-state index contributed by atoms with van der Waals surface area (Å²) in [6.45, 7) is -0.945. The van der Waals surface area contributed by atoms with Crippen molar-refractivity contribution < 1.29 is 61.4 Å². The van der Waals surface area contributed by atoms with E-state index < -0.39 is 54.6 Å². The maximum Gasteiger partial charge on any atom is 0.490 e. The summed E-state index contributed by atoms with van der Waals surface area (Å²) < 4.78 is 52.0. The Bertz CT molecular complexity index is 1110. The number of aliphatic hydroxyl groups is 2. The molecule has 6 atom stereocenters. The van der Waals surface area contributed by atoms with Crippen molar-refractivity contribution in [3.05, 3.63) is 23.6 Å². The highest BCUT2D eigenvalue weighted by Gasteiger charge is 2.46. The molecule has 2 aromatic rings. The molecule has 174 valence electrons. The van der Waals surface area contributed by atoms with E-state index in [4.69, 9.17) is 31.0 Å². The molecule has 6 N–H and O–H groups in total. The molecule has 0 spiro atoms. The number of aliphatic hydroxyl groups excluding tert-OH is 2. The highest BCUT2D eigenvalue weighted by molar-refractivity contribution is 7.66. The first-order chi connectivity index (χ1) is 14.2. The third kappa shape index (κ3) is 5.96. The topological polar surface area (TPSA) is 240 Å². The van der Waals surface area contributed by atoms with Gasteiger partial charge in [-0.15, -0.1) is 0 Å². The molecule has 0 amide bonds. The van der Waals surface area contributed by atoms with Crippen molar-refractivity contribution in [1.82, 2.24) is 14.5 Å². The number of ether oxygens (including phenoxy) is 1. The number of hydrogen-bond acceptors (Lipinski definition) is 11. The van der Waals surface area contributed by atoms with Gasteiger partial charge in [-0.1, -0.05) is 11.6 Å². The number of pyridine rings is 1. The van der Waals surface area contributed by atoms with Crippen molar-refractivity contribution in [3.8, 4) is 0 Å². The summed E-state index contributed by atoms with van der Waals surface area (Å²) in [6.07, 6.45) is -3.34. The van der Waals surface area contributed by atoms with Crippen LogP contribution < -0.4 is 0 Å². The Morgan fingerprint density at radius 1 is 1.06 bits per heavy atom. The maximum atomic E-state index is 11.8. The average molecular weight is 526 g/mol. The Balaban J connectivity index is 1.69. The number of phosphoric ester groups is 1. The normalized spacial score (nSPS) is 28.5. The fourth-order valence-electron chi connectivity index (χ4n) is 2.66. The van der Waals surface area contributed by atoms with Gasteiger partial charge in [0, 0.05) is 6.20 Å². The minimum absolute atomic E-state index is 0.206. The van der Waals surface area contributed by atoms with Crippen LogP contribution in [0.2, 0.25) is 5.02 Å². The van der Waals surface area contributed by atoms with Gasteiger partial charge in [0.05, 0.1) is 18.0 Å². The summed E-state index contributed by atoms with van der Waals surface area (Å²) in [5, 5.41) is 20.7. The summed E-state index contributed by atoms with van der Waals surface area (Å²) in [4.78, 5) is 43.7. The number of imidazole rings is 1. The first-order valence-electron chi connectivity index (χ1n) is 7.96. The number of phosphoric acid groups is 3. The van der Waals surface area contributed by atoms with Gasteiger partial charge in [-0.3, -0.25) is 9.09 Å². The molecule has 0 saturated carbocycles. The minimum Gasteiger partial charge on any atom is -0.387 e. The molecule has 0 bridgehead atoms. The van der Waals surface area contributed by atoms with Gasteiger partial charge in [0.2, 0.25) is 0 Å². The first kappa shape index (κ1) is 24.8. The third-order valence-electron chi connectivity index (χ3n) is 3.84. The van der Waals surface area contributed by atoms with Crippen LogP contribution in [0.5, 0.6) is 0 Å². The molecule has 1 aliphatic heterocycles. The second-order valence-corrected chi connectivity index (χ2v) is 10.9. The van der Waals surface area contributed by atoms with Crippen LogP contribution in [0.1, 0.15) is 6.23 Å². The fourth-order valence-corrected chi connectivity index (χ4v) is 5.88. The average Bonchev–Trinajstić information content (AvgIpc) is 3.13. The van der Waals surface area contributed by atoms with Gasteiger partial charge >= 0.3 is 23.5 Å². The molecule has 0 aliphatic carbocycles. The van der Waals surface area contributed by atoms with Crippen LogP contribution in [-0.4, -0.2) is 69.2 Å². The molecule has 31 heavy (non-hydrogen) atoms. The third-order valence-corrected chi connectivity index (χ3v) is 7.95. The molecular weight excluding hydrogens is 511 g/mol. The SMILES string of the molecule is O=P(O)(O)OP(=O)(O)OP(=O)(O)OCC1OC(n2cnc3c(Cl)ccnc32)C(O)C1O. The molecule has 16 nitrogen and oxygen atoms in total. The maximum absolute atomic E-state index is 11.8. The van der Waals surface area contributed by atoms with E-state index in [0.717, 1.165) is 0 Å². The van der Waals surface area contributed by atoms with E-state index in [2.05, 4.69) is 23.1 Å². The van der Waals surface area contributed by atoms with Crippen LogP contribution in [0.25, 0.3) is 11.2 Å². The van der Waals surface area contributed by atoms with E-state index in [0.29, 0.717) is 0 Å². The lowest BCUT2D eigenvalue weighted by Crippen LogP contribution is -2.33. The molecule has 1 saturated heterocycles. The Morgan fingerprint density at radius 3 is 2.39 bits per heavy atom. The van der Waals surface area contributed by atoms with Gasteiger partial charge in [-0.05, 0) is 6.07 Å². The highest BCUT2D eigenvalue weighted by atomic mass is 35.5. The number of rotatable bonds is 8. The van der Waals surface area contributed by atoms with Crippen molar-refractivity contribution in [3.63, 3.8) is 0 Å². The van der Waals surface area contributed by atoms with Crippen LogP contribution in [0.4, 0.5) is 0 Å². The van der Waals surface area contributed by atoms with Crippen molar-refractivity contribution >= 4 is 46.2 Å². The van der Waals surface area contributed by atoms with Crippen LogP contribution >= 0.6 is 35.1 Å². The smallest absolute Gasteiger partial charge is 0.387 e. The molecule has 6 unspecified atom stereocenters. The zero-order valence-electron chi connectivity index (χ0n) is 14.9. The van der Waals surface area contributed by atoms with E-state index in [1.807, 2.05) is 0 Å². The molecule has 20 heteroatoms. The fraction of sp³-hybridized carbons (Fsp3) is 0.455. The first-order valence-corrected chi connectivity index (χ1v) is 12.9. The van der Waals surface area contributed by atoms with Gasteiger partial charge in [0.25, 0.3) is 0 Å². The second-order valence-electron chi connectivity index (χ2n) is 6.05. The summed E-state index contributed by atoms with van der Waals surface area (Å²) in [7, 11) is -16.7. The zero-order valence-corrected chi connectivity index (χ0v) is 18.3. The number of halogens is 1. The molecular formula is C11H15ClN3O13P3. The van der Waals surface area contributed by atoms with E-state index in [1.54, 1.807) is 0 Å². The van der Waals surface area contributed by atoms with Gasteiger partial charge in [0.15, 0.2) is 11.9 Å². The number of fused-ring (bicyclic) bond motifs is 1. The summed E-state index contributed by atoms with van der Waals surface area (Å²) in [5.74, 6) is 0. The molecule has 3 heterocycles. The summed E-state index contributed by atoms with van der Waals surface area (Å²) in [6, 6.07) is 1.48. The van der Waals surface area contributed by atoms with Gasteiger partial charge in [0.1, 0.15) is 23.8 Å². The van der Waals surface area contributed by atoms with Crippen molar-refractivity contribution in [2.75, 3.05) is 6.61 Å². The molecule has 3 rings (SSSR count). The van der Waals surface area contributed by atoms with Gasteiger partial charge in [-0.2, -0.15) is 8.62 Å². The largest absolute Gasteiger partial charge is 0.490 e. The second kappa shape index (κ2) is 8.86. The van der Waals surface area contributed by atoms with Crippen LogP contribution in [0, 0.1) is 0 Å². The summed E-state index contributed by atoms with van der Waals surface area (Å²) in [5.41, 5.74) is 0.489. The molecule has 0 aromatic carbocycles. The lowest BCUT2D eigenvalue weighted by molar-refractivity contribution is -0.0503. The Hall–Kier alpha value is -0.800. The van der Waals surface area contributed by atoms with Crippen LogP contribution in [0.3, 0.4) is 0 Å². The quantitative estimate of drug-likeness (QED) is 0.249. The molecule has 1 fully saturated rings. The van der Waals surface area contributed by atoms with E-state index in [9.17, 15) is 28.8 Å². The predicted octanol–water partition coefficient (Wildman–Crippen LogP) is 0.0472. The summed E-state index contributed by atoms with van der Waals surface area (Å²) >= 11 is 6.00. The highest BCUT2D eigenvalue weighted by Crippen LogP contribution is 2.66. The predicted molar refractivity (Wildman–Crippen MR) is 98.3 cm³/mol. The zero-order chi connectivity index (χ0) is 23.2. The number of hydrogen-bond donors (Lipinski definition) is 6. The van der Waals surface area contributed by atoms with Crippen molar-refractivity contribution in [2.45, 2.75) is 24.5 Å². The van der Waals surface area contributed by atoms with E-state index in [-0.39, 0.29) is 16.2 Å². The molecule has 1 aliphatic rings. The molecule has 0 radical (unpaired) electrons. The van der Waals surface area contributed by atoms with Crippen molar-refractivity contribution in [2.24, 2.45) is 0 Å². The Labute approximate surface area is 177 Å². The lowest BCUT2D eigenvalue weighted by Gasteiger charge is -2.19. The van der Waals surface area contributed by atoms with Crippen LogP contribution in [0.15, 0.2) is 18.6 Å². The van der Waals surface area contributed by atoms with E-state index >= 15 is 0 Å². The van der Waals surface area contributed by atoms with Crippen molar-refractivity contribution in [1.29, 1.82) is 0 Å². The van der Waals surface area contributed by atoms with Crippen LogP contribution in [-0.2, 0) is 31.6 Å². The Kier molecular flexibility index (Phi) is 7.10. The van der Waals surface area contributed by atoms with Gasteiger partial charge in [-0.25, -0.2) is 23.7 Å². The van der Waals surface area contributed by atoms with Gasteiger partial charge < -0.3 is 34.5 Å². The van der Waals surface area contributed by atoms with E-state index in [1.165, 1.54) is 23.2 Å².